The Morgan fingerprint density at radius 2 is 0.463 bits per heavy atom. The number of hydrogen-bond acceptors (Lipinski definition) is 2. The van der Waals surface area contributed by atoms with Crippen LogP contribution in [0.1, 0.15) is 164 Å². The number of aromatic nitrogens is 4. The molecule has 2 aromatic heterocycles. The van der Waals surface area contributed by atoms with Gasteiger partial charge in [0, 0.05) is 47.7 Å². The molecule has 4 aliphatic rings. The summed E-state index contributed by atoms with van der Waals surface area (Å²) in [5.74, 6) is -69.8. The maximum absolute atomic E-state index is 15.4. The van der Waals surface area contributed by atoms with Gasteiger partial charge in [-0.15, -0.1) is 21.9 Å². The Morgan fingerprint density at radius 1 is 0.275 bits per heavy atom. The molecule has 26 heteroatoms. The molecule has 0 bridgehead atoms. The second kappa shape index (κ2) is 25.7. The van der Waals surface area contributed by atoms with Crippen molar-refractivity contribution < 1.29 is 105 Å². The first-order chi connectivity index (χ1) is 37.6. The third-order valence-electron chi connectivity index (χ3n) is 16.1. The molecule has 0 N–H and O–H groups in total. The molecule has 0 radical (unpaired) electrons. The van der Waals surface area contributed by atoms with E-state index in [1.165, 1.54) is 140 Å². The monoisotopic (exact) mass is 1210 g/mol. The minimum Gasteiger partial charge on any atom is -0.331 e. The fourth-order valence-electron chi connectivity index (χ4n) is 12.3. The van der Waals surface area contributed by atoms with E-state index < -0.39 is 144 Å². The van der Waals surface area contributed by atoms with Gasteiger partial charge in [0.25, 0.3) is 0 Å². The molecule has 4 fully saturated rings. The topological polar surface area (TPSA) is 35.6 Å². The molecular weight excluding hydrogens is 1160 g/mol. The molecule has 80 heavy (non-hydrogen) atoms. The molecule has 6 aromatic rings. The zero-order valence-electron chi connectivity index (χ0n) is 42.0. The average molecular weight is 1210 g/mol. The third kappa shape index (κ3) is 11.1. The summed E-state index contributed by atoms with van der Waals surface area (Å²) in [7, 11) is 0. The summed E-state index contributed by atoms with van der Waals surface area (Å²) in [5, 5.41) is 0. The van der Waals surface area contributed by atoms with Gasteiger partial charge in [0.2, 0.25) is 0 Å². The Balaban J connectivity index is 0.000000212. The molecule has 0 spiro atoms. The van der Waals surface area contributed by atoms with E-state index in [0.29, 0.717) is 0 Å². The molecular formula is C54H48BCuF20N4. The first kappa shape index (κ1) is 62.1. The van der Waals surface area contributed by atoms with E-state index in [4.69, 9.17) is 0 Å². The molecule has 4 saturated carbocycles. The smallest absolute Gasteiger partial charge is 0.331 e. The first-order valence-electron chi connectivity index (χ1n) is 25.9. The fraction of sp³-hybridized carbons (Fsp3) is 0.444. The van der Waals surface area contributed by atoms with Crippen LogP contribution in [0.4, 0.5) is 87.8 Å². The van der Waals surface area contributed by atoms with Gasteiger partial charge in [0.15, 0.2) is 69.8 Å². The molecule has 2 heterocycles. The number of benzene rings is 4. The minimum atomic E-state index is -7.22. The van der Waals surface area contributed by atoms with E-state index in [1.54, 1.807) is 0 Å². The van der Waals surface area contributed by atoms with Gasteiger partial charge in [-0.1, -0.05) is 77.0 Å². The van der Waals surface area contributed by atoms with Crippen molar-refractivity contribution >= 4 is 28.0 Å². The summed E-state index contributed by atoms with van der Waals surface area (Å²) < 4.78 is 299. The summed E-state index contributed by atoms with van der Waals surface area (Å²) >= 11 is 0. The molecule has 438 valence electrons. The molecule has 0 atom stereocenters. The SMILES string of the molecule is Fc1c(F)c(F)c([B-](c2c(F)c(F)c(F)c(F)c2F)(c2c(F)c(F)c(F)c(F)c2F)c2c(F)c(F)c(F)c(F)c2F)c(F)c1F.[Cu+].c1ncn(C2CCCCC2)c1C1CCCCC1.c1ncn(C2CCCCC2)c1C1CCCCC1. The van der Waals surface area contributed by atoms with Crippen LogP contribution >= 0.6 is 0 Å². The van der Waals surface area contributed by atoms with Gasteiger partial charge in [-0.25, -0.2) is 97.8 Å². The second-order valence-electron chi connectivity index (χ2n) is 20.5. The summed E-state index contributed by atoms with van der Waals surface area (Å²) in [4.78, 5) is 8.87. The normalized spacial score (nSPS) is 16.9. The Labute approximate surface area is 455 Å². The molecule has 0 unspecified atom stereocenters. The van der Waals surface area contributed by atoms with E-state index >= 15 is 35.1 Å². The van der Waals surface area contributed by atoms with Crippen molar-refractivity contribution in [3.63, 3.8) is 0 Å². The number of halogens is 20. The molecule has 4 aliphatic carbocycles. The van der Waals surface area contributed by atoms with E-state index in [1.807, 2.05) is 0 Å². The van der Waals surface area contributed by atoms with Gasteiger partial charge in [0.05, 0.1) is 12.7 Å². The van der Waals surface area contributed by atoms with Crippen LogP contribution in [0.3, 0.4) is 0 Å². The quantitative estimate of drug-likeness (QED) is 0.0659. The Kier molecular flexibility index (Phi) is 20.0. The predicted octanol–water partition coefficient (Wildman–Crippen LogP) is 14.7. The summed E-state index contributed by atoms with van der Waals surface area (Å²) in [6, 6.07) is 1.51. The summed E-state index contributed by atoms with van der Waals surface area (Å²) in [6.07, 6.45) is 29.4. The van der Waals surface area contributed by atoms with Gasteiger partial charge in [-0.05, 0) is 51.4 Å². The van der Waals surface area contributed by atoms with Crippen molar-refractivity contribution in [2.24, 2.45) is 0 Å². The Morgan fingerprint density at radius 3 is 0.675 bits per heavy atom. The van der Waals surface area contributed by atoms with Crippen LogP contribution in [0.15, 0.2) is 25.0 Å². The van der Waals surface area contributed by atoms with Crippen molar-refractivity contribution in [2.75, 3.05) is 0 Å². The van der Waals surface area contributed by atoms with E-state index in [2.05, 4.69) is 44.2 Å². The van der Waals surface area contributed by atoms with Crippen LogP contribution in [-0.2, 0) is 17.1 Å². The predicted molar refractivity (Wildman–Crippen MR) is 250 cm³/mol. The van der Waals surface area contributed by atoms with Crippen LogP contribution in [0.2, 0.25) is 0 Å². The molecule has 4 nitrogen and oxygen atoms in total. The van der Waals surface area contributed by atoms with Crippen LogP contribution in [-0.4, -0.2) is 25.2 Å². The fourth-order valence-corrected chi connectivity index (χ4v) is 12.3. The number of hydrogen-bond donors (Lipinski definition) is 0. The third-order valence-corrected chi connectivity index (χ3v) is 16.1. The van der Waals surface area contributed by atoms with Gasteiger partial charge in [-0.2, -0.15) is 0 Å². The molecule has 4 aromatic carbocycles. The van der Waals surface area contributed by atoms with E-state index in [0.717, 1.165) is 23.9 Å². The minimum absolute atomic E-state index is 0. The molecule has 0 amide bonds. The van der Waals surface area contributed by atoms with E-state index in [-0.39, 0.29) is 17.1 Å². The van der Waals surface area contributed by atoms with Crippen molar-refractivity contribution in [1.29, 1.82) is 0 Å². The zero-order chi connectivity index (χ0) is 57.4. The van der Waals surface area contributed by atoms with Gasteiger partial charge >= 0.3 is 17.1 Å². The summed E-state index contributed by atoms with van der Waals surface area (Å²) in [6.45, 7) is 0. The standard InChI is InChI=1S/C24BF20.2C15H24N2.Cu/c26-5-1(6(27)14(35)21(42)13(5)34)25(2-7(28)15(36)22(43)16(37)8(2)29,3-9(30)17(38)23(44)18(39)10(3)31)4-11(32)19(40)24(45)20(41)12(4)33;2*1-3-7-13(8-4-1)15-11-16-12-17(15)14-9-5-2-6-10-14;/h;2*11-14H,1-10H2;/q-1;;;+1. The van der Waals surface area contributed by atoms with Crippen molar-refractivity contribution in [3.8, 4) is 0 Å². The Hall–Kier alpha value is -5.52. The van der Waals surface area contributed by atoms with Crippen molar-refractivity contribution in [2.45, 2.75) is 152 Å². The van der Waals surface area contributed by atoms with E-state index in [9.17, 15) is 52.7 Å². The van der Waals surface area contributed by atoms with Crippen molar-refractivity contribution in [1.82, 2.24) is 19.1 Å². The Bertz CT molecular complexity index is 2680. The van der Waals surface area contributed by atoms with Crippen molar-refractivity contribution in [3.05, 3.63) is 153 Å². The van der Waals surface area contributed by atoms with Crippen LogP contribution in [0, 0.1) is 116 Å². The van der Waals surface area contributed by atoms with Gasteiger partial charge < -0.3 is 9.13 Å². The van der Waals surface area contributed by atoms with Gasteiger partial charge in [-0.3, -0.25) is 0 Å². The number of rotatable bonds is 8. The van der Waals surface area contributed by atoms with Gasteiger partial charge in [0.1, 0.15) is 52.7 Å². The largest absolute Gasteiger partial charge is 1.00 e. The number of imidazole rings is 2. The van der Waals surface area contributed by atoms with Crippen LogP contribution in [0.25, 0.3) is 0 Å². The number of nitrogens with zero attached hydrogens (tertiary/aromatic N) is 4. The molecule has 0 aliphatic heterocycles. The maximum Gasteiger partial charge on any atom is 1.00 e. The second-order valence-corrected chi connectivity index (χ2v) is 20.5. The maximum atomic E-state index is 15.4. The molecule has 0 saturated heterocycles. The molecule has 10 rings (SSSR count). The zero-order valence-corrected chi connectivity index (χ0v) is 42.9. The first-order valence-corrected chi connectivity index (χ1v) is 25.9. The summed E-state index contributed by atoms with van der Waals surface area (Å²) in [5.41, 5.74) is -11.3. The van der Waals surface area contributed by atoms with Crippen LogP contribution in [0.5, 0.6) is 0 Å². The van der Waals surface area contributed by atoms with Crippen LogP contribution < -0.4 is 21.9 Å². The average Bonchev–Trinajstić information content (AvgIpc) is 2.70.